The zero-order valence-electron chi connectivity index (χ0n) is 11.5. The zero-order chi connectivity index (χ0) is 12.0. The van der Waals surface area contributed by atoms with Crippen molar-refractivity contribution in [2.75, 3.05) is 0 Å². The van der Waals surface area contributed by atoms with Gasteiger partial charge in [0.2, 0.25) is 0 Å². The molecule has 0 amide bonds. The van der Waals surface area contributed by atoms with E-state index in [1.54, 1.807) is 24.3 Å². The molecule has 0 radical (unpaired) electrons. The van der Waals surface area contributed by atoms with E-state index in [2.05, 4.69) is 0 Å². The Hall–Kier alpha value is -0.960. The van der Waals surface area contributed by atoms with Gasteiger partial charge < -0.3 is 11.6 Å². The van der Waals surface area contributed by atoms with Gasteiger partial charge in [-0.2, -0.15) is 0 Å². The molecule has 2 aromatic rings. The summed E-state index contributed by atoms with van der Waals surface area (Å²) in [7, 11) is 0. The number of hydrogen-bond donors (Lipinski definition) is 2. The predicted molar refractivity (Wildman–Crippen MR) is 66.8 cm³/mol. The normalized spacial score (nSPS) is 8.59. The summed E-state index contributed by atoms with van der Waals surface area (Å²) in [6.07, 6.45) is 0. The number of hydrogen-bond acceptors (Lipinski definition) is 2. The number of aromatic hydroxyl groups is 2. The fraction of sp³-hybridized carbons (Fsp3) is 0.143. The molecule has 0 spiro atoms. The summed E-state index contributed by atoms with van der Waals surface area (Å²) in [6, 6.07) is 14.2. The molecule has 2 N–H and O–H groups in total. The fourth-order valence-electron chi connectivity index (χ4n) is 1.09. The van der Waals surface area contributed by atoms with Crippen molar-refractivity contribution in [2.24, 2.45) is 0 Å². The van der Waals surface area contributed by atoms with E-state index in [0.717, 1.165) is 0 Å². The van der Waals surface area contributed by atoms with Crippen LogP contribution >= 0.6 is 0 Å². The van der Waals surface area contributed by atoms with E-state index in [9.17, 15) is 0 Å². The monoisotopic (exact) mass is 240 g/mol. The smallest absolute Gasteiger partial charge is 1.00 e. The molecule has 2 aromatic carbocycles. The van der Waals surface area contributed by atoms with Crippen LogP contribution in [0.5, 0.6) is 11.5 Å². The second-order valence-corrected chi connectivity index (χ2v) is 3.67. The van der Waals surface area contributed by atoms with Crippen molar-refractivity contribution >= 4 is 0 Å². The molecule has 2 nitrogen and oxygen atoms in total. The van der Waals surface area contributed by atoms with E-state index in [0.29, 0.717) is 11.5 Å². The topological polar surface area (TPSA) is 40.5 Å². The van der Waals surface area contributed by atoms with E-state index in [1.807, 2.05) is 38.1 Å². The van der Waals surface area contributed by atoms with Crippen molar-refractivity contribution in [3.63, 3.8) is 0 Å². The fourth-order valence-corrected chi connectivity index (χ4v) is 1.09. The van der Waals surface area contributed by atoms with Gasteiger partial charge in [0, 0.05) is 0 Å². The molecule has 0 bridgehead atoms. The summed E-state index contributed by atoms with van der Waals surface area (Å²) >= 11 is 0. The van der Waals surface area contributed by atoms with E-state index >= 15 is 0 Å². The Bertz CT molecular complexity index is 341. The van der Waals surface area contributed by atoms with Crippen LogP contribution in [0.3, 0.4) is 0 Å². The first-order chi connectivity index (χ1) is 7.58. The SMILES string of the molecule is Cc1ccc(O)cc1.Cc1ccc(O)cc1.[H-].[Na+]. The van der Waals surface area contributed by atoms with Crippen molar-refractivity contribution in [2.45, 2.75) is 13.8 Å². The number of phenolic OH excluding ortho intramolecular Hbond substituents is 2. The second-order valence-electron chi connectivity index (χ2n) is 3.67. The van der Waals surface area contributed by atoms with Gasteiger partial charge in [0.25, 0.3) is 0 Å². The largest absolute Gasteiger partial charge is 1.00 e. The third kappa shape index (κ3) is 7.05. The van der Waals surface area contributed by atoms with E-state index < -0.39 is 0 Å². The first kappa shape index (κ1) is 16.0. The predicted octanol–water partition coefficient (Wildman–Crippen LogP) is 0.518. The number of aryl methyl sites for hydroxylation is 2. The van der Waals surface area contributed by atoms with Crippen molar-refractivity contribution in [1.82, 2.24) is 0 Å². The average Bonchev–Trinajstić information content (AvgIpc) is 2.28. The molecule has 0 saturated heterocycles. The van der Waals surface area contributed by atoms with E-state index in [1.165, 1.54) is 11.1 Å². The Kier molecular flexibility index (Phi) is 7.72. The van der Waals surface area contributed by atoms with Crippen molar-refractivity contribution in [3.05, 3.63) is 59.7 Å². The van der Waals surface area contributed by atoms with Gasteiger partial charge in [-0.15, -0.1) is 0 Å². The maximum Gasteiger partial charge on any atom is 1.00 e. The molecular weight excluding hydrogens is 223 g/mol. The van der Waals surface area contributed by atoms with Gasteiger partial charge in [-0.25, -0.2) is 0 Å². The summed E-state index contributed by atoms with van der Waals surface area (Å²) < 4.78 is 0. The van der Waals surface area contributed by atoms with Gasteiger partial charge in [0.05, 0.1) is 0 Å². The summed E-state index contributed by atoms with van der Waals surface area (Å²) in [5.41, 5.74) is 2.34. The maximum absolute atomic E-state index is 8.76. The number of benzene rings is 2. The quantitative estimate of drug-likeness (QED) is 0.659. The summed E-state index contributed by atoms with van der Waals surface area (Å²) in [5, 5.41) is 17.5. The molecule has 0 saturated carbocycles. The third-order valence-corrected chi connectivity index (χ3v) is 2.07. The van der Waals surface area contributed by atoms with Crippen molar-refractivity contribution in [1.29, 1.82) is 0 Å². The van der Waals surface area contributed by atoms with Gasteiger partial charge in [-0.05, 0) is 38.1 Å². The van der Waals surface area contributed by atoms with Crippen LogP contribution in [0.4, 0.5) is 0 Å². The Morgan fingerprint density at radius 2 is 0.882 bits per heavy atom. The van der Waals surface area contributed by atoms with Crippen LogP contribution in [0.1, 0.15) is 12.6 Å². The summed E-state index contributed by atoms with van der Waals surface area (Å²) in [4.78, 5) is 0. The summed E-state index contributed by atoms with van der Waals surface area (Å²) in [6.45, 7) is 3.97. The van der Waals surface area contributed by atoms with Crippen LogP contribution in [0.2, 0.25) is 0 Å². The third-order valence-electron chi connectivity index (χ3n) is 2.07. The minimum atomic E-state index is 0. The molecule has 0 fully saturated rings. The van der Waals surface area contributed by atoms with Gasteiger partial charge in [-0.1, -0.05) is 35.4 Å². The molecule has 0 aliphatic heterocycles. The molecule has 0 aromatic heterocycles. The van der Waals surface area contributed by atoms with Crippen LogP contribution in [0.25, 0.3) is 0 Å². The zero-order valence-corrected chi connectivity index (χ0v) is 12.5. The average molecular weight is 240 g/mol. The standard InChI is InChI=1S/2C7H8O.Na.H/c2*1-6-2-4-7(8)5-3-6;;/h2*2-5,8H,1H3;;/q;;+1;-1. The first-order valence-electron chi connectivity index (χ1n) is 5.09. The van der Waals surface area contributed by atoms with Gasteiger partial charge in [-0.3, -0.25) is 0 Å². The number of phenols is 2. The minimum absolute atomic E-state index is 0. The van der Waals surface area contributed by atoms with Crippen molar-refractivity contribution in [3.8, 4) is 11.5 Å². The van der Waals surface area contributed by atoms with E-state index in [4.69, 9.17) is 10.2 Å². The number of rotatable bonds is 0. The Labute approximate surface area is 126 Å². The molecular formula is C14H17NaO2. The molecule has 86 valence electrons. The van der Waals surface area contributed by atoms with Crippen LogP contribution in [0, 0.1) is 13.8 Å². The molecule has 0 unspecified atom stereocenters. The molecule has 2 rings (SSSR count). The van der Waals surface area contributed by atoms with Crippen LogP contribution in [-0.4, -0.2) is 10.2 Å². The molecule has 3 heteroatoms. The summed E-state index contributed by atoms with van der Waals surface area (Å²) in [5.74, 6) is 0.659. The van der Waals surface area contributed by atoms with Gasteiger partial charge in [0.15, 0.2) is 0 Å². The Balaban J connectivity index is 0. The van der Waals surface area contributed by atoms with Gasteiger partial charge in [0.1, 0.15) is 11.5 Å². The Morgan fingerprint density at radius 1 is 0.647 bits per heavy atom. The first-order valence-corrected chi connectivity index (χ1v) is 5.09. The molecule has 0 heterocycles. The maximum atomic E-state index is 8.76. The minimum Gasteiger partial charge on any atom is -1.00 e. The van der Waals surface area contributed by atoms with Crippen LogP contribution in [-0.2, 0) is 0 Å². The molecule has 0 aliphatic carbocycles. The Morgan fingerprint density at radius 3 is 1.06 bits per heavy atom. The van der Waals surface area contributed by atoms with Gasteiger partial charge >= 0.3 is 29.6 Å². The second kappa shape index (κ2) is 8.18. The molecule has 0 aliphatic rings. The van der Waals surface area contributed by atoms with E-state index in [-0.39, 0.29) is 31.0 Å². The molecule has 0 atom stereocenters. The van der Waals surface area contributed by atoms with Crippen molar-refractivity contribution < 1.29 is 41.2 Å². The van der Waals surface area contributed by atoms with Crippen LogP contribution < -0.4 is 29.6 Å². The van der Waals surface area contributed by atoms with Crippen LogP contribution in [0.15, 0.2) is 48.5 Å². The molecule has 17 heavy (non-hydrogen) atoms.